The molecule has 20 heavy (non-hydrogen) atoms. The zero-order chi connectivity index (χ0) is 14.9. The minimum Gasteiger partial charge on any atom is -0.477 e. The Kier molecular flexibility index (Phi) is 3.99. The second-order valence-electron chi connectivity index (χ2n) is 6.10. The van der Waals surface area contributed by atoms with Crippen LogP contribution in [0.4, 0.5) is 0 Å². The number of carboxylic acid groups (broad SMARTS) is 1. The molecule has 5 heteroatoms. The third-order valence-electron chi connectivity index (χ3n) is 4.02. The summed E-state index contributed by atoms with van der Waals surface area (Å²) in [5, 5.41) is 9.31. The molecule has 0 atom stereocenters. The fourth-order valence-corrected chi connectivity index (χ4v) is 2.09. The number of nitrogens with zero attached hydrogens (tertiary/aromatic N) is 2. The number of hydrogen-bond acceptors (Lipinski definition) is 4. The van der Waals surface area contributed by atoms with E-state index in [-0.39, 0.29) is 17.0 Å². The van der Waals surface area contributed by atoms with E-state index >= 15 is 0 Å². The summed E-state index contributed by atoms with van der Waals surface area (Å²) in [7, 11) is 3.94. The van der Waals surface area contributed by atoms with Crippen molar-refractivity contribution >= 4 is 5.97 Å². The van der Waals surface area contributed by atoms with Crippen molar-refractivity contribution in [1.29, 1.82) is 0 Å². The fraction of sp³-hybridized carbons (Fsp3) is 0.600. The number of rotatable bonds is 5. The van der Waals surface area contributed by atoms with Crippen LogP contribution in [0.25, 0.3) is 0 Å². The van der Waals surface area contributed by atoms with Gasteiger partial charge in [-0.3, -0.25) is 0 Å². The van der Waals surface area contributed by atoms with Crippen molar-refractivity contribution < 1.29 is 14.6 Å². The fourth-order valence-electron chi connectivity index (χ4n) is 2.09. The maximum Gasteiger partial charge on any atom is 0.341 e. The van der Waals surface area contributed by atoms with Crippen LogP contribution in [0, 0.1) is 0 Å². The first-order chi connectivity index (χ1) is 9.31. The van der Waals surface area contributed by atoms with Crippen molar-refractivity contribution in [1.82, 2.24) is 9.88 Å². The third kappa shape index (κ3) is 2.93. The van der Waals surface area contributed by atoms with Gasteiger partial charge >= 0.3 is 5.97 Å². The highest BCUT2D eigenvalue weighted by atomic mass is 16.5. The van der Waals surface area contributed by atoms with Crippen LogP contribution in [0.2, 0.25) is 0 Å². The number of carboxylic acids is 1. The van der Waals surface area contributed by atoms with E-state index in [4.69, 9.17) is 4.74 Å². The molecule has 0 unspecified atom stereocenters. The molecule has 1 aliphatic carbocycles. The highest BCUT2D eigenvalue weighted by Crippen LogP contribution is 2.27. The summed E-state index contributed by atoms with van der Waals surface area (Å²) in [5.41, 5.74) is 2.01. The van der Waals surface area contributed by atoms with E-state index in [1.54, 1.807) is 6.07 Å². The number of aromatic carboxylic acids is 1. The third-order valence-corrected chi connectivity index (χ3v) is 4.02. The number of fused-ring (bicyclic) bond motifs is 1. The van der Waals surface area contributed by atoms with Crippen LogP contribution in [0.1, 0.15) is 41.9 Å². The average molecular weight is 278 g/mol. The van der Waals surface area contributed by atoms with E-state index in [1.165, 1.54) is 0 Å². The summed E-state index contributed by atoms with van der Waals surface area (Å²) in [6.45, 7) is 4.48. The van der Waals surface area contributed by atoms with Crippen molar-refractivity contribution in [2.75, 3.05) is 20.7 Å². The van der Waals surface area contributed by atoms with Gasteiger partial charge in [-0.2, -0.15) is 0 Å². The molecule has 1 aromatic heterocycles. The Morgan fingerprint density at radius 1 is 1.45 bits per heavy atom. The Hall–Kier alpha value is -1.62. The van der Waals surface area contributed by atoms with Gasteiger partial charge in [0.25, 0.3) is 0 Å². The van der Waals surface area contributed by atoms with Gasteiger partial charge in [-0.15, -0.1) is 0 Å². The second kappa shape index (κ2) is 5.40. The Balaban J connectivity index is 2.25. The average Bonchev–Trinajstić information content (AvgIpc) is 2.81. The van der Waals surface area contributed by atoms with Gasteiger partial charge in [0.2, 0.25) is 5.88 Å². The van der Waals surface area contributed by atoms with E-state index in [0.717, 1.165) is 30.5 Å². The van der Waals surface area contributed by atoms with Crippen molar-refractivity contribution in [3.8, 4) is 5.88 Å². The maximum atomic E-state index is 11.3. The minimum absolute atomic E-state index is 0.167. The molecule has 0 amide bonds. The van der Waals surface area contributed by atoms with Crippen LogP contribution in [-0.4, -0.2) is 47.2 Å². The van der Waals surface area contributed by atoms with Gasteiger partial charge in [0.1, 0.15) is 12.2 Å². The van der Waals surface area contributed by atoms with Gasteiger partial charge in [0.05, 0.1) is 0 Å². The summed E-state index contributed by atoms with van der Waals surface area (Å²) >= 11 is 0. The lowest BCUT2D eigenvalue weighted by molar-refractivity contribution is 0.0681. The number of ether oxygens (including phenoxy) is 1. The molecule has 1 heterocycles. The molecule has 0 spiro atoms. The molecule has 0 saturated heterocycles. The normalized spacial score (nSPS) is 14.4. The lowest BCUT2D eigenvalue weighted by atomic mass is 10.1. The van der Waals surface area contributed by atoms with E-state index in [1.807, 2.05) is 32.8 Å². The lowest BCUT2D eigenvalue weighted by Gasteiger charge is -2.32. The summed E-state index contributed by atoms with van der Waals surface area (Å²) in [4.78, 5) is 17.8. The number of hydrogen-bond donors (Lipinski definition) is 1. The van der Waals surface area contributed by atoms with Gasteiger partial charge in [-0.05, 0) is 58.8 Å². The largest absolute Gasteiger partial charge is 0.477 e. The summed E-state index contributed by atoms with van der Waals surface area (Å²) < 4.78 is 5.72. The number of carbonyl (C=O) groups is 1. The van der Waals surface area contributed by atoms with Crippen LogP contribution >= 0.6 is 0 Å². The molecular formula is C15H22N2O3. The first kappa shape index (κ1) is 14.8. The van der Waals surface area contributed by atoms with Crippen molar-refractivity contribution in [2.24, 2.45) is 0 Å². The topological polar surface area (TPSA) is 62.7 Å². The standard InChI is InChI=1S/C15H22N2O3/c1-15(2,17(3)4)9-20-13-11(14(18)19)8-10-6-5-7-12(10)16-13/h8H,5-7,9H2,1-4H3,(H,18,19). The predicted octanol–water partition coefficient (Wildman–Crippen LogP) is 1.99. The molecule has 0 radical (unpaired) electrons. The Labute approximate surface area is 119 Å². The summed E-state index contributed by atoms with van der Waals surface area (Å²) in [6, 6.07) is 1.72. The smallest absolute Gasteiger partial charge is 0.341 e. The van der Waals surface area contributed by atoms with Crippen molar-refractivity contribution in [3.05, 3.63) is 22.9 Å². The molecule has 1 aliphatic rings. The highest BCUT2D eigenvalue weighted by molar-refractivity contribution is 5.90. The van der Waals surface area contributed by atoms with E-state index in [0.29, 0.717) is 6.61 Å². The second-order valence-corrected chi connectivity index (χ2v) is 6.10. The van der Waals surface area contributed by atoms with Gasteiger partial charge in [0, 0.05) is 11.2 Å². The van der Waals surface area contributed by atoms with Crippen LogP contribution in [0.3, 0.4) is 0 Å². The van der Waals surface area contributed by atoms with Crippen LogP contribution in [-0.2, 0) is 12.8 Å². The van der Waals surface area contributed by atoms with E-state index < -0.39 is 5.97 Å². The zero-order valence-electron chi connectivity index (χ0n) is 12.6. The molecule has 0 saturated carbocycles. The molecule has 1 N–H and O–H groups in total. The van der Waals surface area contributed by atoms with Crippen LogP contribution in [0.5, 0.6) is 5.88 Å². The molecule has 1 aromatic rings. The quantitative estimate of drug-likeness (QED) is 0.892. The summed E-state index contributed by atoms with van der Waals surface area (Å²) in [5.74, 6) is -0.738. The predicted molar refractivity (Wildman–Crippen MR) is 76.5 cm³/mol. The molecule has 2 rings (SSSR count). The number of pyridine rings is 1. The molecular weight excluding hydrogens is 256 g/mol. The molecule has 110 valence electrons. The number of likely N-dealkylation sites (N-methyl/N-ethyl adjacent to an activating group) is 1. The SMILES string of the molecule is CN(C)C(C)(C)COc1nc2c(cc1C(=O)O)CCC2. The maximum absolute atomic E-state index is 11.3. The van der Waals surface area contributed by atoms with Gasteiger partial charge in [-0.1, -0.05) is 0 Å². The van der Waals surface area contributed by atoms with Crippen molar-refractivity contribution in [2.45, 2.75) is 38.6 Å². The number of aromatic nitrogens is 1. The molecule has 0 fully saturated rings. The van der Waals surface area contributed by atoms with Gasteiger partial charge in [0.15, 0.2) is 0 Å². The first-order valence-corrected chi connectivity index (χ1v) is 6.87. The monoisotopic (exact) mass is 278 g/mol. The van der Waals surface area contributed by atoms with E-state index in [2.05, 4.69) is 4.98 Å². The summed E-state index contributed by atoms with van der Waals surface area (Å²) in [6.07, 6.45) is 2.85. The lowest BCUT2D eigenvalue weighted by Crippen LogP contribution is -2.43. The van der Waals surface area contributed by atoms with Crippen LogP contribution in [0.15, 0.2) is 6.07 Å². The Bertz CT molecular complexity index is 524. The molecule has 0 aromatic carbocycles. The van der Waals surface area contributed by atoms with Gasteiger partial charge in [-0.25, -0.2) is 9.78 Å². The van der Waals surface area contributed by atoms with Gasteiger partial charge < -0.3 is 14.7 Å². The molecule has 0 aliphatic heterocycles. The molecule has 0 bridgehead atoms. The highest BCUT2D eigenvalue weighted by Gasteiger charge is 2.25. The van der Waals surface area contributed by atoms with Crippen molar-refractivity contribution in [3.63, 3.8) is 0 Å². The Morgan fingerprint density at radius 3 is 2.75 bits per heavy atom. The zero-order valence-corrected chi connectivity index (χ0v) is 12.6. The first-order valence-electron chi connectivity index (χ1n) is 6.87. The van der Waals surface area contributed by atoms with Crippen LogP contribution < -0.4 is 4.74 Å². The Morgan fingerprint density at radius 2 is 2.15 bits per heavy atom. The molecule has 5 nitrogen and oxygen atoms in total. The number of aryl methyl sites for hydroxylation is 2. The van der Waals surface area contributed by atoms with E-state index in [9.17, 15) is 9.90 Å². The minimum atomic E-state index is -0.982.